The Kier molecular flexibility index (Phi) is 2.50. The molecule has 0 atom stereocenters. The maximum atomic E-state index is 4.98. The summed E-state index contributed by atoms with van der Waals surface area (Å²) < 4.78 is 4.98. The maximum Gasteiger partial charge on any atom is 0.101 e. The molecule has 0 fully saturated rings. The summed E-state index contributed by atoms with van der Waals surface area (Å²) in [6, 6.07) is 0. The van der Waals surface area contributed by atoms with E-state index in [0.717, 1.165) is 5.76 Å². The van der Waals surface area contributed by atoms with Gasteiger partial charge in [0.2, 0.25) is 0 Å². The molecule has 0 aromatic rings. The first-order valence-electron chi connectivity index (χ1n) is 2.95. The third-order valence-corrected chi connectivity index (χ3v) is 1.06. The van der Waals surface area contributed by atoms with Gasteiger partial charge in [0.25, 0.3) is 0 Å². The van der Waals surface area contributed by atoms with Gasteiger partial charge in [0.05, 0.1) is 6.26 Å². The lowest BCUT2D eigenvalue weighted by atomic mass is 9.95. The fraction of sp³-hybridized carbons (Fsp3) is 0.500. The SMILES string of the molecule is C=COC(=C)C(C)(C)C. The van der Waals surface area contributed by atoms with Crippen LogP contribution in [0.4, 0.5) is 0 Å². The van der Waals surface area contributed by atoms with Crippen molar-refractivity contribution in [1.29, 1.82) is 0 Å². The number of allylic oxidation sites excluding steroid dienone is 1. The van der Waals surface area contributed by atoms with Crippen molar-refractivity contribution >= 4 is 0 Å². The van der Waals surface area contributed by atoms with Crippen LogP contribution in [0.25, 0.3) is 0 Å². The summed E-state index contributed by atoms with van der Waals surface area (Å²) >= 11 is 0. The molecule has 0 saturated heterocycles. The Morgan fingerprint density at radius 3 is 2.00 bits per heavy atom. The monoisotopic (exact) mass is 126 g/mol. The molecule has 1 nitrogen and oxygen atoms in total. The average molecular weight is 126 g/mol. The van der Waals surface area contributed by atoms with Gasteiger partial charge >= 0.3 is 0 Å². The van der Waals surface area contributed by atoms with Gasteiger partial charge in [0.1, 0.15) is 5.76 Å². The molecule has 0 rings (SSSR count). The molecule has 9 heavy (non-hydrogen) atoms. The third kappa shape index (κ3) is 2.96. The van der Waals surface area contributed by atoms with Crippen LogP contribution in [0.1, 0.15) is 20.8 Å². The van der Waals surface area contributed by atoms with E-state index in [1.54, 1.807) is 0 Å². The second-order valence-corrected chi connectivity index (χ2v) is 2.96. The van der Waals surface area contributed by atoms with E-state index in [-0.39, 0.29) is 5.41 Å². The minimum atomic E-state index is 0.0220. The van der Waals surface area contributed by atoms with Crippen LogP contribution in [0.3, 0.4) is 0 Å². The van der Waals surface area contributed by atoms with E-state index in [4.69, 9.17) is 4.74 Å². The predicted molar refractivity (Wildman–Crippen MR) is 39.9 cm³/mol. The van der Waals surface area contributed by atoms with E-state index < -0.39 is 0 Å². The molecule has 1 heteroatoms. The van der Waals surface area contributed by atoms with Crippen LogP contribution in [-0.4, -0.2) is 0 Å². The lowest BCUT2D eigenvalue weighted by molar-refractivity contribution is 0.249. The first-order chi connectivity index (χ1) is 3.98. The van der Waals surface area contributed by atoms with Gasteiger partial charge in [-0.1, -0.05) is 33.9 Å². The van der Waals surface area contributed by atoms with Crippen molar-refractivity contribution < 1.29 is 4.74 Å². The summed E-state index contributed by atoms with van der Waals surface area (Å²) in [5.41, 5.74) is 0.0220. The highest BCUT2D eigenvalue weighted by Crippen LogP contribution is 2.23. The largest absolute Gasteiger partial charge is 0.470 e. The van der Waals surface area contributed by atoms with Crippen LogP contribution in [-0.2, 0) is 4.74 Å². The number of rotatable bonds is 2. The summed E-state index contributed by atoms with van der Waals surface area (Å²) in [4.78, 5) is 0. The molecule has 0 spiro atoms. The fourth-order valence-electron chi connectivity index (χ4n) is 0.277. The van der Waals surface area contributed by atoms with Crippen LogP contribution in [0.15, 0.2) is 25.2 Å². The number of hydrogen-bond donors (Lipinski definition) is 0. The Morgan fingerprint density at radius 1 is 1.44 bits per heavy atom. The van der Waals surface area contributed by atoms with E-state index >= 15 is 0 Å². The molecular weight excluding hydrogens is 112 g/mol. The quantitative estimate of drug-likeness (QED) is 0.517. The van der Waals surface area contributed by atoms with Gasteiger partial charge in [-0.2, -0.15) is 0 Å². The van der Waals surface area contributed by atoms with E-state index in [1.807, 2.05) is 20.8 Å². The molecule has 0 saturated carbocycles. The average Bonchev–Trinajstić information content (AvgIpc) is 1.64. The second-order valence-electron chi connectivity index (χ2n) is 2.96. The molecule has 0 bridgehead atoms. The van der Waals surface area contributed by atoms with Gasteiger partial charge < -0.3 is 4.74 Å². The highest BCUT2D eigenvalue weighted by molar-refractivity contribution is 4.96. The minimum absolute atomic E-state index is 0.0220. The van der Waals surface area contributed by atoms with Gasteiger partial charge in [0, 0.05) is 5.41 Å². The van der Waals surface area contributed by atoms with Crippen molar-refractivity contribution in [2.75, 3.05) is 0 Å². The zero-order valence-electron chi connectivity index (χ0n) is 6.40. The number of ether oxygens (including phenoxy) is 1. The highest BCUT2D eigenvalue weighted by Gasteiger charge is 2.14. The Morgan fingerprint density at radius 2 is 1.89 bits per heavy atom. The summed E-state index contributed by atoms with van der Waals surface area (Å²) in [6.07, 6.45) is 1.40. The Labute approximate surface area is 57.0 Å². The van der Waals surface area contributed by atoms with Gasteiger partial charge in [-0.05, 0) is 0 Å². The Balaban J connectivity index is 3.88. The summed E-state index contributed by atoms with van der Waals surface area (Å²) in [5, 5.41) is 0. The standard InChI is InChI=1S/C8H14O/c1-6-9-7(2)8(3,4)5/h6H,1-2H2,3-5H3. The number of hydrogen-bond acceptors (Lipinski definition) is 1. The Bertz CT molecular complexity index is 117. The van der Waals surface area contributed by atoms with Gasteiger partial charge in [0.15, 0.2) is 0 Å². The molecule has 0 amide bonds. The predicted octanol–water partition coefficient (Wildman–Crippen LogP) is 2.71. The smallest absolute Gasteiger partial charge is 0.101 e. The second kappa shape index (κ2) is 2.72. The lowest BCUT2D eigenvalue weighted by Gasteiger charge is -2.19. The molecule has 0 aliphatic carbocycles. The van der Waals surface area contributed by atoms with Crippen molar-refractivity contribution in [2.24, 2.45) is 5.41 Å². The van der Waals surface area contributed by atoms with E-state index in [9.17, 15) is 0 Å². The molecule has 0 aromatic heterocycles. The van der Waals surface area contributed by atoms with E-state index in [0.29, 0.717) is 0 Å². The zero-order valence-corrected chi connectivity index (χ0v) is 6.40. The third-order valence-electron chi connectivity index (χ3n) is 1.06. The van der Waals surface area contributed by atoms with Crippen molar-refractivity contribution in [2.45, 2.75) is 20.8 Å². The molecular formula is C8H14O. The fourth-order valence-corrected chi connectivity index (χ4v) is 0.277. The molecule has 0 aliphatic rings. The molecule has 0 unspecified atom stereocenters. The molecule has 0 N–H and O–H groups in total. The first-order valence-corrected chi connectivity index (χ1v) is 2.95. The Hall–Kier alpha value is -0.720. The van der Waals surface area contributed by atoms with Crippen LogP contribution < -0.4 is 0 Å². The summed E-state index contributed by atoms with van der Waals surface area (Å²) in [6.45, 7) is 13.3. The maximum absolute atomic E-state index is 4.98. The van der Waals surface area contributed by atoms with Crippen LogP contribution >= 0.6 is 0 Å². The highest BCUT2D eigenvalue weighted by atomic mass is 16.5. The molecule has 0 radical (unpaired) electrons. The summed E-state index contributed by atoms with van der Waals surface area (Å²) in [7, 11) is 0. The van der Waals surface area contributed by atoms with Crippen LogP contribution in [0.5, 0.6) is 0 Å². The minimum Gasteiger partial charge on any atom is -0.470 e. The van der Waals surface area contributed by atoms with Crippen molar-refractivity contribution in [3.63, 3.8) is 0 Å². The molecule has 52 valence electrons. The normalized spacial score (nSPS) is 10.6. The van der Waals surface area contributed by atoms with Gasteiger partial charge in [-0.3, -0.25) is 0 Å². The van der Waals surface area contributed by atoms with Crippen molar-refractivity contribution in [1.82, 2.24) is 0 Å². The van der Waals surface area contributed by atoms with Crippen LogP contribution in [0.2, 0.25) is 0 Å². The van der Waals surface area contributed by atoms with Gasteiger partial charge in [-0.25, -0.2) is 0 Å². The molecule has 0 aromatic carbocycles. The van der Waals surface area contributed by atoms with E-state index in [1.165, 1.54) is 6.26 Å². The van der Waals surface area contributed by atoms with Crippen molar-refractivity contribution in [3.8, 4) is 0 Å². The lowest BCUT2D eigenvalue weighted by Crippen LogP contribution is -2.08. The molecule has 0 heterocycles. The van der Waals surface area contributed by atoms with Crippen molar-refractivity contribution in [3.05, 3.63) is 25.2 Å². The van der Waals surface area contributed by atoms with E-state index in [2.05, 4.69) is 13.2 Å². The zero-order chi connectivity index (χ0) is 7.49. The molecule has 0 aliphatic heterocycles. The first kappa shape index (κ1) is 8.28. The topological polar surface area (TPSA) is 9.23 Å². The van der Waals surface area contributed by atoms with Crippen LogP contribution in [0, 0.1) is 5.41 Å². The summed E-state index contributed by atoms with van der Waals surface area (Å²) in [5.74, 6) is 0.748. The van der Waals surface area contributed by atoms with Gasteiger partial charge in [-0.15, -0.1) is 0 Å².